The van der Waals surface area contributed by atoms with Gasteiger partial charge in [-0.1, -0.05) is 55.7 Å². The summed E-state index contributed by atoms with van der Waals surface area (Å²) in [4.78, 5) is 26.4. The Morgan fingerprint density at radius 2 is 1.72 bits per heavy atom. The van der Waals surface area contributed by atoms with E-state index in [-0.39, 0.29) is 34.1 Å². The van der Waals surface area contributed by atoms with Crippen molar-refractivity contribution < 1.29 is 44.2 Å². The highest BCUT2D eigenvalue weighted by molar-refractivity contribution is 5.73. The number of hydrogen-bond donors (Lipinski definition) is 4. The number of carbonyl (C=O) groups is 2. The standard InChI is InChI=1S/C37H58O9/c1-21(2)10-9-11-23(33(43)46-34-32(42)31(41)30(40)28(20-38)45-34)25-14-18-37(7)27-13-12-24(22(3)4)35(5,17-16-29(39)44-8)26(27)15-19-36(25,37)6/h10,23-25,28,30-32,34,38,40-42H,3,9,11-20H2,1-2,4-8H3. The van der Waals surface area contributed by atoms with Gasteiger partial charge in [-0.2, -0.15) is 0 Å². The van der Waals surface area contributed by atoms with Crippen LogP contribution in [0, 0.1) is 34.0 Å². The lowest BCUT2D eigenvalue weighted by molar-refractivity contribution is -0.294. The molecule has 1 heterocycles. The Morgan fingerprint density at radius 3 is 2.33 bits per heavy atom. The first-order valence-electron chi connectivity index (χ1n) is 17.1. The van der Waals surface area contributed by atoms with Crippen LogP contribution in [0.3, 0.4) is 0 Å². The quantitative estimate of drug-likeness (QED) is 0.177. The van der Waals surface area contributed by atoms with Gasteiger partial charge in [-0.05, 0) is 107 Å². The number of rotatable bonds is 11. The molecule has 11 atom stereocenters. The molecule has 2 fully saturated rings. The number of aliphatic hydroxyl groups is 4. The van der Waals surface area contributed by atoms with E-state index in [1.807, 2.05) is 13.8 Å². The Morgan fingerprint density at radius 1 is 1.02 bits per heavy atom. The SMILES string of the molecule is C=C(C)C1CCC2=C(CCC3(C)C(C(CCC=C(C)C)C(=O)OC4OC(CO)C(O)C(O)C4O)CCC23C)C1(C)CCC(=O)OC. The number of fused-ring (bicyclic) bond motifs is 2. The number of hydrogen-bond acceptors (Lipinski definition) is 9. The van der Waals surface area contributed by atoms with Crippen LogP contribution in [0.5, 0.6) is 0 Å². The van der Waals surface area contributed by atoms with Crippen LogP contribution in [0.4, 0.5) is 0 Å². The first-order valence-corrected chi connectivity index (χ1v) is 17.1. The largest absolute Gasteiger partial charge is 0.469 e. The van der Waals surface area contributed by atoms with Gasteiger partial charge in [-0.25, -0.2) is 0 Å². The lowest BCUT2D eigenvalue weighted by Crippen LogP contribution is -2.59. The first-order chi connectivity index (χ1) is 21.5. The van der Waals surface area contributed by atoms with Gasteiger partial charge in [0.15, 0.2) is 0 Å². The maximum Gasteiger partial charge on any atom is 0.311 e. The lowest BCUT2D eigenvalue weighted by atomic mass is 9.47. The summed E-state index contributed by atoms with van der Waals surface area (Å²) in [7, 11) is 1.44. The number of ether oxygens (including phenoxy) is 3. The van der Waals surface area contributed by atoms with Gasteiger partial charge in [0.25, 0.3) is 0 Å². The van der Waals surface area contributed by atoms with E-state index in [4.69, 9.17) is 14.2 Å². The van der Waals surface area contributed by atoms with Crippen molar-refractivity contribution in [3.63, 3.8) is 0 Å². The highest BCUT2D eigenvalue weighted by atomic mass is 16.7. The van der Waals surface area contributed by atoms with Gasteiger partial charge >= 0.3 is 11.9 Å². The fourth-order valence-corrected chi connectivity index (χ4v) is 9.78. The third-order valence-electron chi connectivity index (χ3n) is 12.7. The second-order valence-electron chi connectivity index (χ2n) is 15.4. The minimum absolute atomic E-state index is 0.00897. The molecule has 1 saturated heterocycles. The fourth-order valence-electron chi connectivity index (χ4n) is 9.78. The van der Waals surface area contributed by atoms with Crippen LogP contribution in [0.1, 0.15) is 106 Å². The zero-order valence-corrected chi connectivity index (χ0v) is 29.0. The van der Waals surface area contributed by atoms with Crippen molar-refractivity contribution in [3.05, 3.63) is 34.9 Å². The van der Waals surface area contributed by atoms with Crippen LogP contribution in [-0.4, -0.2) is 76.8 Å². The summed E-state index contributed by atoms with van der Waals surface area (Å²) in [5.74, 6) is -0.870. The van der Waals surface area contributed by atoms with Gasteiger partial charge in [0.1, 0.15) is 24.4 Å². The van der Waals surface area contributed by atoms with E-state index in [9.17, 15) is 30.0 Å². The van der Waals surface area contributed by atoms with Gasteiger partial charge in [0, 0.05) is 6.42 Å². The molecule has 4 rings (SSSR count). The van der Waals surface area contributed by atoms with Gasteiger partial charge in [-0.3, -0.25) is 9.59 Å². The van der Waals surface area contributed by atoms with Crippen molar-refractivity contribution in [2.45, 2.75) is 136 Å². The monoisotopic (exact) mass is 646 g/mol. The van der Waals surface area contributed by atoms with Crippen molar-refractivity contribution in [2.75, 3.05) is 13.7 Å². The molecule has 260 valence electrons. The van der Waals surface area contributed by atoms with Crippen molar-refractivity contribution in [1.82, 2.24) is 0 Å². The van der Waals surface area contributed by atoms with Gasteiger partial charge in [0.2, 0.25) is 6.29 Å². The van der Waals surface area contributed by atoms with Crippen LogP contribution in [0.15, 0.2) is 34.9 Å². The van der Waals surface area contributed by atoms with Crippen molar-refractivity contribution in [2.24, 2.45) is 34.0 Å². The zero-order valence-electron chi connectivity index (χ0n) is 29.0. The lowest BCUT2D eigenvalue weighted by Gasteiger charge is -2.57. The molecule has 4 N–H and O–H groups in total. The number of esters is 2. The summed E-state index contributed by atoms with van der Waals surface area (Å²) < 4.78 is 16.4. The maximum absolute atomic E-state index is 14.1. The van der Waals surface area contributed by atoms with E-state index in [1.54, 1.807) is 0 Å². The van der Waals surface area contributed by atoms with Crippen molar-refractivity contribution in [3.8, 4) is 0 Å². The van der Waals surface area contributed by atoms with Crippen LogP contribution in [0.25, 0.3) is 0 Å². The van der Waals surface area contributed by atoms with E-state index in [0.29, 0.717) is 25.7 Å². The molecular weight excluding hydrogens is 588 g/mol. The van der Waals surface area contributed by atoms with Gasteiger partial charge < -0.3 is 34.6 Å². The van der Waals surface area contributed by atoms with E-state index in [1.165, 1.54) is 18.3 Å². The molecule has 9 heteroatoms. The Hall–Kier alpha value is -2.04. The minimum Gasteiger partial charge on any atom is -0.469 e. The van der Waals surface area contributed by atoms with E-state index in [2.05, 4.69) is 40.3 Å². The summed E-state index contributed by atoms with van der Waals surface area (Å²) >= 11 is 0. The van der Waals surface area contributed by atoms with E-state index >= 15 is 0 Å². The van der Waals surface area contributed by atoms with Gasteiger partial charge in [-0.15, -0.1) is 0 Å². The van der Waals surface area contributed by atoms with Crippen LogP contribution >= 0.6 is 0 Å². The third kappa shape index (κ3) is 6.51. The van der Waals surface area contributed by atoms with Crippen molar-refractivity contribution in [1.29, 1.82) is 0 Å². The summed E-state index contributed by atoms with van der Waals surface area (Å²) in [6.45, 7) is 16.9. The summed E-state index contributed by atoms with van der Waals surface area (Å²) in [6, 6.07) is 0. The summed E-state index contributed by atoms with van der Waals surface area (Å²) in [6.07, 6.45) is 2.54. The molecule has 0 amide bonds. The molecule has 1 aliphatic heterocycles. The van der Waals surface area contributed by atoms with E-state index < -0.39 is 49.2 Å². The average Bonchev–Trinajstić information content (AvgIpc) is 3.28. The molecule has 0 aromatic heterocycles. The fraction of sp³-hybridized carbons (Fsp3) is 0.784. The smallest absolute Gasteiger partial charge is 0.311 e. The highest BCUT2D eigenvalue weighted by Crippen LogP contribution is 2.71. The summed E-state index contributed by atoms with van der Waals surface area (Å²) in [5, 5.41) is 40.8. The third-order valence-corrected chi connectivity index (χ3v) is 12.7. The zero-order chi connectivity index (χ0) is 34.2. The Balaban J connectivity index is 1.68. The number of aliphatic hydroxyl groups excluding tert-OH is 4. The predicted octanol–water partition coefficient (Wildman–Crippen LogP) is 5.15. The Labute approximate surface area is 275 Å². The number of carbonyl (C=O) groups excluding carboxylic acids is 2. The Kier molecular flexibility index (Phi) is 11.4. The summed E-state index contributed by atoms with van der Waals surface area (Å²) in [5.41, 5.74) is 4.72. The second-order valence-corrected chi connectivity index (χ2v) is 15.4. The average molecular weight is 647 g/mol. The molecular formula is C37H58O9. The predicted molar refractivity (Wildman–Crippen MR) is 174 cm³/mol. The first kappa shape index (κ1) is 36.8. The van der Waals surface area contributed by atoms with Crippen LogP contribution in [-0.2, 0) is 23.8 Å². The number of methoxy groups -OCH3 is 1. The molecule has 1 saturated carbocycles. The molecule has 0 bridgehead atoms. The second kappa shape index (κ2) is 14.2. The molecule has 0 radical (unpaired) electrons. The maximum atomic E-state index is 14.1. The topological polar surface area (TPSA) is 143 Å². The molecule has 3 aliphatic carbocycles. The molecule has 4 aliphatic rings. The molecule has 9 nitrogen and oxygen atoms in total. The molecule has 0 spiro atoms. The van der Waals surface area contributed by atoms with E-state index in [0.717, 1.165) is 49.7 Å². The molecule has 0 aromatic rings. The Bertz CT molecular complexity index is 1220. The van der Waals surface area contributed by atoms with Crippen molar-refractivity contribution >= 4 is 11.9 Å². The van der Waals surface area contributed by atoms with Crippen LogP contribution < -0.4 is 0 Å². The molecule has 0 aromatic carbocycles. The number of allylic oxidation sites excluding steroid dienone is 5. The van der Waals surface area contributed by atoms with Crippen LogP contribution in [0.2, 0.25) is 0 Å². The molecule has 11 unspecified atom stereocenters. The normalized spacial score (nSPS) is 39.6. The minimum atomic E-state index is -1.64. The highest BCUT2D eigenvalue weighted by Gasteiger charge is 2.62. The van der Waals surface area contributed by atoms with Gasteiger partial charge in [0.05, 0.1) is 19.6 Å². The molecule has 46 heavy (non-hydrogen) atoms.